The Bertz CT molecular complexity index is 802. The van der Waals surface area contributed by atoms with Crippen LogP contribution in [0.5, 0.6) is 0 Å². The highest BCUT2D eigenvalue weighted by atomic mass is 32.2. The average Bonchev–Trinajstić information content (AvgIpc) is 3.25. The third-order valence-corrected chi connectivity index (χ3v) is 5.90. The molecule has 23 heavy (non-hydrogen) atoms. The smallest absolute Gasteiger partial charge is 0.244 e. The van der Waals surface area contributed by atoms with E-state index < -0.39 is 16.1 Å². The molecule has 1 N–H and O–H groups in total. The molecule has 0 spiro atoms. The van der Waals surface area contributed by atoms with Crippen molar-refractivity contribution >= 4 is 15.9 Å². The van der Waals surface area contributed by atoms with Crippen molar-refractivity contribution in [2.45, 2.75) is 23.8 Å². The normalized spacial score (nSPS) is 18.9. The fourth-order valence-electron chi connectivity index (χ4n) is 2.83. The van der Waals surface area contributed by atoms with Gasteiger partial charge in [-0.25, -0.2) is 8.42 Å². The molecule has 7 nitrogen and oxygen atoms in total. The average molecular weight is 335 g/mol. The molecule has 1 aliphatic rings. The standard InChI is InChI=1S/C15H17N3O4S/c1-16-15(19)12-6-4-10-18(12)23(20,21)14-7-3-2-5-11(14)13-8-9-17-22-13/h2-3,5,7-9,12H,4,6,10H2,1H3,(H,16,19). The Morgan fingerprint density at radius 2 is 2.13 bits per heavy atom. The van der Waals surface area contributed by atoms with Crippen molar-refractivity contribution in [1.82, 2.24) is 14.8 Å². The van der Waals surface area contributed by atoms with Gasteiger partial charge in [-0.3, -0.25) is 4.79 Å². The lowest BCUT2D eigenvalue weighted by molar-refractivity contribution is -0.123. The second-order valence-corrected chi connectivity index (χ2v) is 7.12. The van der Waals surface area contributed by atoms with Gasteiger partial charge in [0.1, 0.15) is 6.04 Å². The number of aromatic nitrogens is 1. The number of benzene rings is 1. The lowest BCUT2D eigenvalue weighted by atomic mass is 10.2. The van der Waals surface area contributed by atoms with E-state index in [2.05, 4.69) is 10.5 Å². The van der Waals surface area contributed by atoms with Gasteiger partial charge in [0, 0.05) is 25.2 Å². The van der Waals surface area contributed by atoms with E-state index in [1.54, 1.807) is 24.3 Å². The van der Waals surface area contributed by atoms with Crippen LogP contribution in [0.15, 0.2) is 45.9 Å². The van der Waals surface area contributed by atoms with Crippen LogP contribution in [0, 0.1) is 0 Å². The quantitative estimate of drug-likeness (QED) is 0.907. The van der Waals surface area contributed by atoms with E-state index >= 15 is 0 Å². The predicted octanol–water partition coefficient (Wildman–Crippen LogP) is 1.24. The molecule has 2 heterocycles. The molecule has 0 aliphatic carbocycles. The Balaban J connectivity index is 2.06. The summed E-state index contributed by atoms with van der Waals surface area (Å²) in [5.74, 6) is 0.0862. The highest BCUT2D eigenvalue weighted by molar-refractivity contribution is 7.89. The van der Waals surface area contributed by atoms with Gasteiger partial charge in [-0.05, 0) is 25.0 Å². The molecule has 0 bridgehead atoms. The Kier molecular flexibility index (Phi) is 4.18. The Labute approximate surface area is 134 Å². The van der Waals surface area contributed by atoms with Gasteiger partial charge >= 0.3 is 0 Å². The Morgan fingerprint density at radius 1 is 1.35 bits per heavy atom. The zero-order valence-electron chi connectivity index (χ0n) is 12.6. The summed E-state index contributed by atoms with van der Waals surface area (Å²) in [5.41, 5.74) is 0.438. The van der Waals surface area contributed by atoms with E-state index in [-0.39, 0.29) is 10.8 Å². The Hall–Kier alpha value is -2.19. The van der Waals surface area contributed by atoms with Crippen LogP contribution in [-0.4, -0.2) is 43.4 Å². The molecule has 122 valence electrons. The minimum atomic E-state index is -3.81. The summed E-state index contributed by atoms with van der Waals surface area (Å²) < 4.78 is 32.5. The summed E-state index contributed by atoms with van der Waals surface area (Å²) in [6.07, 6.45) is 2.63. The van der Waals surface area contributed by atoms with E-state index in [0.717, 1.165) is 0 Å². The molecule has 2 aromatic rings. The molecule has 1 saturated heterocycles. The molecule has 1 unspecified atom stereocenters. The van der Waals surface area contributed by atoms with E-state index in [9.17, 15) is 13.2 Å². The van der Waals surface area contributed by atoms with Gasteiger partial charge in [0.25, 0.3) is 0 Å². The van der Waals surface area contributed by atoms with Gasteiger partial charge in [0.2, 0.25) is 15.9 Å². The topological polar surface area (TPSA) is 92.5 Å². The first-order chi connectivity index (χ1) is 11.1. The second kappa shape index (κ2) is 6.13. The molecule has 1 atom stereocenters. The number of likely N-dealkylation sites (N-methyl/N-ethyl adjacent to an activating group) is 1. The first kappa shape index (κ1) is 15.7. The number of carbonyl (C=O) groups is 1. The number of hydrogen-bond acceptors (Lipinski definition) is 5. The molecule has 0 radical (unpaired) electrons. The number of nitrogens with zero attached hydrogens (tertiary/aromatic N) is 2. The number of amides is 1. The third kappa shape index (κ3) is 2.75. The van der Waals surface area contributed by atoms with Crippen LogP contribution in [0.2, 0.25) is 0 Å². The number of hydrogen-bond donors (Lipinski definition) is 1. The first-order valence-corrected chi connectivity index (χ1v) is 8.73. The third-order valence-electron chi connectivity index (χ3n) is 3.93. The van der Waals surface area contributed by atoms with Crippen molar-refractivity contribution in [1.29, 1.82) is 0 Å². The van der Waals surface area contributed by atoms with Crippen molar-refractivity contribution in [2.75, 3.05) is 13.6 Å². The highest BCUT2D eigenvalue weighted by Crippen LogP contribution is 2.32. The summed E-state index contributed by atoms with van der Waals surface area (Å²) in [6.45, 7) is 0.325. The van der Waals surface area contributed by atoms with Crippen molar-refractivity contribution in [3.8, 4) is 11.3 Å². The second-order valence-electron chi connectivity index (χ2n) is 5.26. The molecule has 0 saturated carbocycles. The minimum Gasteiger partial charge on any atom is -0.358 e. The Morgan fingerprint density at radius 3 is 2.83 bits per heavy atom. The van der Waals surface area contributed by atoms with E-state index in [1.165, 1.54) is 23.6 Å². The largest absolute Gasteiger partial charge is 0.358 e. The molecular formula is C15H17N3O4S. The maximum absolute atomic E-state index is 13.1. The maximum atomic E-state index is 13.1. The monoisotopic (exact) mass is 335 g/mol. The minimum absolute atomic E-state index is 0.118. The van der Waals surface area contributed by atoms with Crippen LogP contribution in [0.4, 0.5) is 0 Å². The number of sulfonamides is 1. The fourth-order valence-corrected chi connectivity index (χ4v) is 4.69. The summed E-state index contributed by atoms with van der Waals surface area (Å²) in [5, 5.41) is 6.16. The number of rotatable bonds is 4. The van der Waals surface area contributed by atoms with Crippen LogP contribution < -0.4 is 5.32 Å². The van der Waals surface area contributed by atoms with Gasteiger partial charge in [0.15, 0.2) is 5.76 Å². The van der Waals surface area contributed by atoms with Crippen molar-refractivity contribution in [3.05, 3.63) is 36.5 Å². The van der Waals surface area contributed by atoms with Crippen LogP contribution in [-0.2, 0) is 14.8 Å². The first-order valence-electron chi connectivity index (χ1n) is 7.29. The van der Waals surface area contributed by atoms with Gasteiger partial charge < -0.3 is 9.84 Å². The van der Waals surface area contributed by atoms with Crippen molar-refractivity contribution in [3.63, 3.8) is 0 Å². The number of carbonyl (C=O) groups excluding carboxylic acids is 1. The van der Waals surface area contributed by atoms with Crippen LogP contribution in [0.1, 0.15) is 12.8 Å². The van der Waals surface area contributed by atoms with Gasteiger partial charge in [-0.15, -0.1) is 0 Å². The SMILES string of the molecule is CNC(=O)C1CCCN1S(=O)(=O)c1ccccc1-c1ccno1. The zero-order valence-corrected chi connectivity index (χ0v) is 13.4. The predicted molar refractivity (Wildman–Crippen MR) is 82.9 cm³/mol. The van der Waals surface area contributed by atoms with Crippen molar-refractivity contribution < 1.29 is 17.7 Å². The molecule has 1 aromatic heterocycles. The lowest BCUT2D eigenvalue weighted by Gasteiger charge is -2.23. The van der Waals surface area contributed by atoms with Gasteiger partial charge in [-0.1, -0.05) is 17.3 Å². The molecule has 1 amide bonds. The molecule has 8 heteroatoms. The van der Waals surface area contributed by atoms with Crippen LogP contribution in [0.3, 0.4) is 0 Å². The molecule has 1 aromatic carbocycles. The van der Waals surface area contributed by atoms with Crippen LogP contribution >= 0.6 is 0 Å². The fraction of sp³-hybridized carbons (Fsp3) is 0.333. The maximum Gasteiger partial charge on any atom is 0.244 e. The van der Waals surface area contributed by atoms with E-state index in [4.69, 9.17) is 4.52 Å². The van der Waals surface area contributed by atoms with Crippen molar-refractivity contribution in [2.24, 2.45) is 0 Å². The van der Waals surface area contributed by atoms with Gasteiger partial charge in [0.05, 0.1) is 11.1 Å². The summed E-state index contributed by atoms with van der Waals surface area (Å²) in [4.78, 5) is 12.1. The summed E-state index contributed by atoms with van der Waals surface area (Å²) >= 11 is 0. The highest BCUT2D eigenvalue weighted by Gasteiger charge is 2.40. The van der Waals surface area contributed by atoms with Gasteiger partial charge in [-0.2, -0.15) is 4.31 Å². The molecular weight excluding hydrogens is 318 g/mol. The van der Waals surface area contributed by atoms with Crippen LogP contribution in [0.25, 0.3) is 11.3 Å². The zero-order chi connectivity index (χ0) is 16.4. The summed E-state index contributed by atoms with van der Waals surface area (Å²) in [7, 11) is -2.31. The van der Waals surface area contributed by atoms with E-state index in [0.29, 0.717) is 30.7 Å². The molecule has 1 fully saturated rings. The summed E-state index contributed by atoms with van der Waals surface area (Å²) in [6, 6.07) is 7.50. The van der Waals surface area contributed by atoms with E-state index in [1.807, 2.05) is 0 Å². The lowest BCUT2D eigenvalue weighted by Crippen LogP contribution is -2.44. The number of nitrogens with one attached hydrogen (secondary N) is 1. The molecule has 1 aliphatic heterocycles. The molecule has 3 rings (SSSR count).